The molecule has 1 aliphatic rings. The van der Waals surface area contributed by atoms with Gasteiger partial charge in [0.2, 0.25) is 0 Å². The first-order valence-electron chi connectivity index (χ1n) is 8.12. The van der Waals surface area contributed by atoms with Crippen LogP contribution in [0.2, 0.25) is 0 Å². The van der Waals surface area contributed by atoms with Crippen molar-refractivity contribution in [2.75, 3.05) is 0 Å². The summed E-state index contributed by atoms with van der Waals surface area (Å²) in [5.74, 6) is -0.361. The van der Waals surface area contributed by atoms with E-state index < -0.39 is 22.7 Å². The summed E-state index contributed by atoms with van der Waals surface area (Å²) in [6, 6.07) is 4.26. The summed E-state index contributed by atoms with van der Waals surface area (Å²) in [7, 11) is 0. The van der Waals surface area contributed by atoms with Crippen molar-refractivity contribution < 1.29 is 18.0 Å². The molecule has 0 aromatic heterocycles. The Morgan fingerprint density at radius 3 is 2.08 bits per heavy atom. The molecule has 0 spiro atoms. The van der Waals surface area contributed by atoms with E-state index in [2.05, 4.69) is 0 Å². The quantitative estimate of drug-likeness (QED) is 0.425. The summed E-state index contributed by atoms with van der Waals surface area (Å²) in [6.07, 6.45) is -3.22. The fourth-order valence-corrected chi connectivity index (χ4v) is 4.21. The summed E-state index contributed by atoms with van der Waals surface area (Å²) < 4.78 is 41.1. The lowest BCUT2D eigenvalue weighted by atomic mass is 9.85. The molecule has 1 heterocycles. The highest BCUT2D eigenvalue weighted by Gasteiger charge is 2.40. The molecule has 1 saturated heterocycles. The maximum Gasteiger partial charge on any atom is 0.416 e. The molecule has 0 N–H and O–H groups in total. The molecule has 2 rings (SSSR count). The summed E-state index contributed by atoms with van der Waals surface area (Å²) in [6.45, 7) is 11.1. The number of hydrogen-bond donors (Lipinski definition) is 0. The predicted octanol–water partition coefficient (Wildman–Crippen LogP) is 6.00. The van der Waals surface area contributed by atoms with E-state index in [0.29, 0.717) is 9.88 Å². The largest absolute Gasteiger partial charge is 0.416 e. The van der Waals surface area contributed by atoms with Gasteiger partial charge in [0.1, 0.15) is 4.32 Å². The van der Waals surface area contributed by atoms with Crippen LogP contribution in [0.25, 0.3) is 6.08 Å². The van der Waals surface area contributed by atoms with Crippen LogP contribution < -0.4 is 0 Å². The number of alkyl halides is 3. The molecule has 142 valence electrons. The lowest BCUT2D eigenvalue weighted by Gasteiger charge is -2.30. The molecule has 26 heavy (non-hydrogen) atoms. The van der Waals surface area contributed by atoms with E-state index in [-0.39, 0.29) is 16.4 Å². The predicted molar refractivity (Wildman–Crippen MR) is 105 cm³/mol. The Balaban J connectivity index is 2.55. The average molecular weight is 402 g/mol. The number of thiocarbonyl (C=S) groups is 1. The monoisotopic (exact) mass is 401 g/mol. The Kier molecular flexibility index (Phi) is 5.38. The minimum atomic E-state index is -4.51. The number of thioether (sulfide) groups is 1. The van der Waals surface area contributed by atoms with Gasteiger partial charge in [-0.1, -0.05) is 56.9 Å². The normalized spacial score (nSPS) is 18.2. The third kappa shape index (κ3) is 4.31. The van der Waals surface area contributed by atoms with Gasteiger partial charge in [-0.15, -0.1) is 0 Å². The first kappa shape index (κ1) is 21.0. The Morgan fingerprint density at radius 2 is 1.65 bits per heavy atom. The lowest BCUT2D eigenvalue weighted by molar-refractivity contribution is -0.137. The Hall–Kier alpha value is -1.34. The number of carbonyl (C=O) groups is 1. The van der Waals surface area contributed by atoms with Crippen LogP contribution in [-0.2, 0) is 16.4 Å². The first-order valence-corrected chi connectivity index (χ1v) is 9.34. The highest BCUT2D eigenvalue weighted by atomic mass is 32.2. The van der Waals surface area contributed by atoms with Crippen LogP contribution in [0.15, 0.2) is 23.1 Å². The van der Waals surface area contributed by atoms with Crippen molar-refractivity contribution in [3.63, 3.8) is 0 Å². The highest BCUT2D eigenvalue weighted by molar-refractivity contribution is 8.26. The van der Waals surface area contributed by atoms with Crippen molar-refractivity contribution >= 4 is 40.3 Å². The average Bonchev–Trinajstić information content (AvgIpc) is 2.70. The van der Waals surface area contributed by atoms with E-state index in [0.717, 1.165) is 17.8 Å². The third-order valence-electron chi connectivity index (χ3n) is 3.98. The van der Waals surface area contributed by atoms with Crippen molar-refractivity contribution in [1.82, 2.24) is 4.90 Å². The van der Waals surface area contributed by atoms with E-state index >= 15 is 0 Å². The zero-order valence-electron chi connectivity index (χ0n) is 15.6. The fraction of sp³-hybridized carbons (Fsp3) is 0.474. The summed E-state index contributed by atoms with van der Waals surface area (Å²) in [5.41, 5.74) is -1.12. The molecular formula is C19H22F3NOS2. The molecule has 1 aromatic rings. The van der Waals surface area contributed by atoms with Crippen molar-refractivity contribution in [2.45, 2.75) is 58.7 Å². The van der Waals surface area contributed by atoms with Crippen LogP contribution in [-0.4, -0.2) is 20.7 Å². The van der Waals surface area contributed by atoms with E-state index in [9.17, 15) is 18.0 Å². The Bertz CT molecular complexity index is 783. The second kappa shape index (κ2) is 6.68. The summed E-state index contributed by atoms with van der Waals surface area (Å²) in [5, 5.41) is 0. The zero-order chi connectivity index (χ0) is 20.1. The van der Waals surface area contributed by atoms with Crippen LogP contribution in [0.4, 0.5) is 13.2 Å². The maximum atomic E-state index is 13.6. The van der Waals surface area contributed by atoms with Crippen molar-refractivity contribution in [3.8, 4) is 0 Å². The molecular weight excluding hydrogens is 379 g/mol. The second-order valence-corrected chi connectivity index (χ2v) is 9.91. The summed E-state index contributed by atoms with van der Waals surface area (Å²) in [4.78, 5) is 14.3. The van der Waals surface area contributed by atoms with Gasteiger partial charge < -0.3 is 0 Å². The maximum absolute atomic E-state index is 13.6. The molecule has 0 radical (unpaired) electrons. The Labute approximate surface area is 161 Å². The van der Waals surface area contributed by atoms with Crippen LogP contribution in [0, 0.1) is 0 Å². The molecule has 0 atom stereocenters. The number of hydrogen-bond acceptors (Lipinski definition) is 3. The molecule has 1 aromatic carbocycles. The van der Waals surface area contributed by atoms with Gasteiger partial charge in [-0.2, -0.15) is 13.2 Å². The standard InChI is InChI=1S/C19H22F3NOS2/c1-17(2,3)12-8-7-11(13(10-12)19(20,21)22)9-14-15(24)23(16(25)26-14)18(4,5)6/h7-10H,1-6H3. The lowest BCUT2D eigenvalue weighted by Crippen LogP contribution is -2.44. The zero-order valence-corrected chi connectivity index (χ0v) is 17.2. The van der Waals surface area contributed by atoms with Crippen LogP contribution in [0.1, 0.15) is 58.2 Å². The number of amides is 1. The van der Waals surface area contributed by atoms with Gasteiger partial charge in [-0.3, -0.25) is 9.69 Å². The Morgan fingerprint density at radius 1 is 1.08 bits per heavy atom. The molecule has 0 bridgehead atoms. The SMILES string of the molecule is CC(C)(C)c1ccc(C=C2SC(=S)N(C(C)(C)C)C2=O)c(C(F)(F)F)c1. The molecule has 2 nitrogen and oxygen atoms in total. The van der Waals surface area contributed by atoms with Crippen molar-refractivity contribution in [1.29, 1.82) is 0 Å². The van der Waals surface area contributed by atoms with Crippen molar-refractivity contribution in [3.05, 3.63) is 39.8 Å². The van der Waals surface area contributed by atoms with Gasteiger partial charge in [0, 0.05) is 5.54 Å². The van der Waals surface area contributed by atoms with Crippen LogP contribution >= 0.6 is 24.0 Å². The smallest absolute Gasteiger partial charge is 0.288 e. The molecule has 0 aliphatic carbocycles. The number of carbonyl (C=O) groups excluding carboxylic acids is 1. The van der Waals surface area contributed by atoms with Gasteiger partial charge in [0.25, 0.3) is 5.91 Å². The first-order chi connectivity index (χ1) is 11.6. The molecule has 0 saturated carbocycles. The number of halogens is 3. The summed E-state index contributed by atoms with van der Waals surface area (Å²) >= 11 is 6.27. The molecule has 1 fully saturated rings. The van der Waals surface area contributed by atoms with Gasteiger partial charge in [-0.25, -0.2) is 0 Å². The second-order valence-electron chi connectivity index (χ2n) is 8.24. The van der Waals surface area contributed by atoms with Crippen LogP contribution in [0.5, 0.6) is 0 Å². The van der Waals surface area contributed by atoms with Crippen LogP contribution in [0.3, 0.4) is 0 Å². The van der Waals surface area contributed by atoms with E-state index in [1.807, 2.05) is 41.5 Å². The van der Waals surface area contributed by atoms with Gasteiger partial charge in [0.05, 0.1) is 10.5 Å². The third-order valence-corrected chi connectivity index (χ3v) is 5.28. The number of benzene rings is 1. The topological polar surface area (TPSA) is 20.3 Å². The minimum Gasteiger partial charge on any atom is -0.288 e. The molecule has 7 heteroatoms. The highest BCUT2D eigenvalue weighted by Crippen LogP contribution is 2.40. The minimum absolute atomic E-state index is 0.0279. The van der Waals surface area contributed by atoms with Gasteiger partial charge >= 0.3 is 6.18 Å². The molecule has 1 amide bonds. The fourth-order valence-electron chi connectivity index (χ4n) is 2.58. The van der Waals surface area contributed by atoms with E-state index in [4.69, 9.17) is 12.2 Å². The van der Waals surface area contributed by atoms with Gasteiger partial charge in [0.15, 0.2) is 0 Å². The number of rotatable bonds is 1. The van der Waals surface area contributed by atoms with E-state index in [1.165, 1.54) is 17.0 Å². The number of nitrogens with zero attached hydrogens (tertiary/aromatic N) is 1. The molecule has 0 unspecified atom stereocenters. The molecule has 1 aliphatic heterocycles. The van der Waals surface area contributed by atoms with Gasteiger partial charge in [-0.05, 0) is 49.5 Å². The van der Waals surface area contributed by atoms with E-state index in [1.54, 1.807) is 6.07 Å². The van der Waals surface area contributed by atoms with Crippen molar-refractivity contribution in [2.24, 2.45) is 0 Å².